The largest absolute Gasteiger partial charge is 0.310 e. The molecule has 3 aromatic rings. The lowest BCUT2D eigenvalue weighted by Crippen LogP contribution is -2.33. The molecular formula is C30H25N5. The maximum atomic E-state index is 9.77. The Labute approximate surface area is 206 Å². The van der Waals surface area contributed by atoms with Crippen LogP contribution < -0.4 is 15.3 Å². The molecule has 3 rings (SSSR count). The molecular weight excluding hydrogens is 430 g/mol. The van der Waals surface area contributed by atoms with Gasteiger partial charge in [-0.1, -0.05) is 64.1 Å². The lowest BCUT2D eigenvalue weighted by Gasteiger charge is -2.27. The molecule has 0 aliphatic rings. The highest BCUT2D eigenvalue weighted by molar-refractivity contribution is 5.85. The molecule has 0 heterocycles. The van der Waals surface area contributed by atoms with E-state index in [0.717, 1.165) is 11.4 Å². The fraction of sp³-hybridized carbons (Fsp3) is 0.200. The summed E-state index contributed by atoms with van der Waals surface area (Å²) in [7, 11) is 0. The molecule has 5 nitrogen and oxygen atoms in total. The van der Waals surface area contributed by atoms with Crippen LogP contribution in [0, 0.1) is 45.3 Å². The first kappa shape index (κ1) is 24.8. The highest BCUT2D eigenvalue weighted by atomic mass is 15.1. The SMILES string of the molecule is CC(C)c1ccc(N(c2ccc(C(C)C)cc2)c2cccc(=C(C#N)C#N)c2=C(C#N)C#N)cc1. The second-order valence-corrected chi connectivity index (χ2v) is 8.72. The third kappa shape index (κ3) is 5.07. The van der Waals surface area contributed by atoms with Crippen molar-refractivity contribution < 1.29 is 0 Å². The molecule has 0 saturated heterocycles. The molecule has 0 N–H and O–H groups in total. The van der Waals surface area contributed by atoms with Crippen LogP contribution >= 0.6 is 0 Å². The van der Waals surface area contributed by atoms with Crippen molar-refractivity contribution in [1.82, 2.24) is 0 Å². The van der Waals surface area contributed by atoms with Crippen LogP contribution in [0.2, 0.25) is 0 Å². The van der Waals surface area contributed by atoms with Crippen LogP contribution in [-0.2, 0) is 0 Å². The highest BCUT2D eigenvalue weighted by Gasteiger charge is 2.18. The van der Waals surface area contributed by atoms with E-state index in [1.165, 1.54) is 11.1 Å². The van der Waals surface area contributed by atoms with Crippen molar-refractivity contribution in [3.63, 3.8) is 0 Å². The van der Waals surface area contributed by atoms with Crippen LogP contribution in [-0.4, -0.2) is 0 Å². The van der Waals surface area contributed by atoms with Gasteiger partial charge in [-0.3, -0.25) is 0 Å². The molecule has 0 spiro atoms. The number of rotatable bonds is 5. The van der Waals surface area contributed by atoms with Gasteiger partial charge in [0.15, 0.2) is 0 Å². The smallest absolute Gasteiger partial charge is 0.139 e. The van der Waals surface area contributed by atoms with Gasteiger partial charge in [-0.15, -0.1) is 0 Å². The van der Waals surface area contributed by atoms with E-state index >= 15 is 0 Å². The maximum absolute atomic E-state index is 9.77. The second kappa shape index (κ2) is 10.9. The molecule has 0 atom stereocenters. The van der Waals surface area contributed by atoms with E-state index in [0.29, 0.717) is 17.5 Å². The minimum atomic E-state index is -0.166. The third-order valence-electron chi connectivity index (χ3n) is 5.89. The van der Waals surface area contributed by atoms with Crippen molar-refractivity contribution in [2.75, 3.05) is 4.90 Å². The first-order valence-corrected chi connectivity index (χ1v) is 11.3. The van der Waals surface area contributed by atoms with Crippen LogP contribution in [0.1, 0.15) is 50.7 Å². The van der Waals surface area contributed by atoms with E-state index in [1.807, 2.05) is 53.4 Å². The monoisotopic (exact) mass is 455 g/mol. The van der Waals surface area contributed by atoms with Crippen LogP contribution in [0.4, 0.5) is 17.1 Å². The molecule has 0 bridgehead atoms. The fourth-order valence-corrected chi connectivity index (χ4v) is 3.92. The minimum Gasteiger partial charge on any atom is -0.310 e. The normalized spacial score (nSPS) is 10.1. The predicted molar refractivity (Wildman–Crippen MR) is 138 cm³/mol. The van der Waals surface area contributed by atoms with Gasteiger partial charge in [0.2, 0.25) is 0 Å². The van der Waals surface area contributed by atoms with E-state index in [-0.39, 0.29) is 21.6 Å². The summed E-state index contributed by atoms with van der Waals surface area (Å²) in [5.41, 5.74) is 4.24. The predicted octanol–water partition coefficient (Wildman–Crippen LogP) is 5.80. The molecule has 170 valence electrons. The van der Waals surface area contributed by atoms with E-state index < -0.39 is 0 Å². The first-order valence-electron chi connectivity index (χ1n) is 11.3. The Morgan fingerprint density at radius 1 is 0.600 bits per heavy atom. The average molecular weight is 456 g/mol. The third-order valence-corrected chi connectivity index (χ3v) is 5.89. The molecule has 35 heavy (non-hydrogen) atoms. The summed E-state index contributed by atoms with van der Waals surface area (Å²) in [5.74, 6) is 0.726. The number of anilines is 3. The molecule has 0 fully saturated rings. The molecule has 5 heteroatoms. The Kier molecular flexibility index (Phi) is 7.69. The van der Waals surface area contributed by atoms with Gasteiger partial charge in [0, 0.05) is 21.8 Å². The van der Waals surface area contributed by atoms with Crippen LogP contribution in [0.25, 0.3) is 11.1 Å². The summed E-state index contributed by atoms with van der Waals surface area (Å²) in [6.07, 6.45) is 0. The summed E-state index contributed by atoms with van der Waals surface area (Å²) >= 11 is 0. The van der Waals surface area contributed by atoms with E-state index in [4.69, 9.17) is 0 Å². The molecule has 0 unspecified atom stereocenters. The van der Waals surface area contributed by atoms with Crippen molar-refractivity contribution in [3.05, 3.63) is 88.3 Å². The summed E-state index contributed by atoms with van der Waals surface area (Å²) in [4.78, 5) is 1.95. The van der Waals surface area contributed by atoms with Crippen molar-refractivity contribution >= 4 is 28.2 Å². The van der Waals surface area contributed by atoms with Gasteiger partial charge in [0.05, 0.1) is 5.69 Å². The van der Waals surface area contributed by atoms with Crippen molar-refractivity contribution in [1.29, 1.82) is 21.0 Å². The van der Waals surface area contributed by atoms with Gasteiger partial charge in [-0.25, -0.2) is 0 Å². The first-order chi connectivity index (χ1) is 16.9. The Balaban J connectivity index is 2.47. The van der Waals surface area contributed by atoms with Crippen LogP contribution in [0.5, 0.6) is 0 Å². The summed E-state index contributed by atoms with van der Waals surface area (Å²) in [5, 5.41) is 39.2. The molecule has 0 radical (unpaired) electrons. The Morgan fingerprint density at radius 3 is 1.40 bits per heavy atom. The van der Waals surface area contributed by atoms with Gasteiger partial charge in [-0.2, -0.15) is 21.0 Å². The van der Waals surface area contributed by atoms with Crippen molar-refractivity contribution in [2.45, 2.75) is 39.5 Å². The van der Waals surface area contributed by atoms with Gasteiger partial charge in [0.25, 0.3) is 0 Å². The Morgan fingerprint density at radius 2 is 1.03 bits per heavy atom. The highest BCUT2D eigenvalue weighted by Crippen LogP contribution is 2.34. The number of benzene rings is 3. The molecule has 3 aromatic carbocycles. The zero-order valence-electron chi connectivity index (χ0n) is 20.2. The van der Waals surface area contributed by atoms with Gasteiger partial charge in [0.1, 0.15) is 35.4 Å². The molecule has 0 amide bonds. The standard InChI is InChI=1S/C30H25N5/c1-20(2)22-8-12-26(13-9-22)35(27-14-10-23(11-15-27)21(3)4)29-7-5-6-28(24(16-31)17-32)30(29)25(18-33)19-34/h5-15,20-21H,1-4H3. The van der Waals surface area contributed by atoms with Gasteiger partial charge < -0.3 is 4.90 Å². The fourth-order valence-electron chi connectivity index (χ4n) is 3.92. The molecule has 0 aliphatic heterocycles. The van der Waals surface area contributed by atoms with E-state index in [9.17, 15) is 21.0 Å². The van der Waals surface area contributed by atoms with E-state index in [1.54, 1.807) is 18.2 Å². The number of nitrogens with zero attached hydrogens (tertiary/aromatic N) is 5. The number of hydrogen-bond donors (Lipinski definition) is 0. The summed E-state index contributed by atoms with van der Waals surface area (Å²) in [6, 6.07) is 29.1. The molecule has 0 aliphatic carbocycles. The maximum Gasteiger partial charge on any atom is 0.139 e. The van der Waals surface area contributed by atoms with Crippen molar-refractivity contribution in [3.8, 4) is 24.3 Å². The van der Waals surface area contributed by atoms with Gasteiger partial charge in [-0.05, 0) is 53.3 Å². The van der Waals surface area contributed by atoms with E-state index in [2.05, 4.69) is 52.0 Å². The molecule has 0 saturated carbocycles. The van der Waals surface area contributed by atoms with Crippen LogP contribution in [0.3, 0.4) is 0 Å². The number of hydrogen-bond acceptors (Lipinski definition) is 5. The topological polar surface area (TPSA) is 98.4 Å². The zero-order chi connectivity index (χ0) is 25.5. The Hall–Kier alpha value is -4.84. The van der Waals surface area contributed by atoms with Gasteiger partial charge >= 0.3 is 0 Å². The second-order valence-electron chi connectivity index (χ2n) is 8.72. The van der Waals surface area contributed by atoms with Crippen molar-refractivity contribution in [2.24, 2.45) is 0 Å². The molecule has 0 aromatic heterocycles. The lowest BCUT2D eigenvalue weighted by atomic mass is 10.0. The summed E-state index contributed by atoms with van der Waals surface area (Å²) < 4.78 is 0. The number of nitriles is 4. The quantitative estimate of drug-likeness (QED) is 0.484. The summed E-state index contributed by atoms with van der Waals surface area (Å²) in [6.45, 7) is 8.50. The zero-order valence-corrected chi connectivity index (χ0v) is 20.2. The lowest BCUT2D eigenvalue weighted by molar-refractivity contribution is 0.866. The average Bonchev–Trinajstić information content (AvgIpc) is 2.87. The Bertz CT molecular complexity index is 1430. The minimum absolute atomic E-state index is 0.157. The van der Waals surface area contributed by atoms with Crippen LogP contribution in [0.15, 0.2) is 66.7 Å².